The van der Waals surface area contributed by atoms with Gasteiger partial charge in [-0.15, -0.1) is 0 Å². The molecule has 0 aliphatic carbocycles. The summed E-state index contributed by atoms with van der Waals surface area (Å²) in [6.07, 6.45) is 5.04. The van der Waals surface area contributed by atoms with Gasteiger partial charge in [-0.3, -0.25) is 10.1 Å². The van der Waals surface area contributed by atoms with Crippen LogP contribution in [0.1, 0.15) is 0 Å². The van der Waals surface area contributed by atoms with E-state index in [2.05, 4.69) is 20.3 Å². The summed E-state index contributed by atoms with van der Waals surface area (Å²) in [4.78, 5) is 3.97. The van der Waals surface area contributed by atoms with Crippen LogP contribution < -0.4 is 5.73 Å². The van der Waals surface area contributed by atoms with Gasteiger partial charge in [0.25, 0.3) is 0 Å². The normalized spacial score (nSPS) is 10.6. The van der Waals surface area contributed by atoms with Crippen molar-refractivity contribution < 1.29 is 4.52 Å². The molecule has 0 saturated carbocycles. The summed E-state index contributed by atoms with van der Waals surface area (Å²) in [6.45, 7) is 0. The fourth-order valence-corrected chi connectivity index (χ4v) is 1.67. The van der Waals surface area contributed by atoms with Crippen molar-refractivity contribution >= 4 is 5.88 Å². The van der Waals surface area contributed by atoms with Crippen molar-refractivity contribution in [1.82, 2.24) is 20.3 Å². The number of nitrogens with zero attached hydrogens (tertiary/aromatic N) is 3. The molecule has 3 aromatic rings. The first-order chi connectivity index (χ1) is 8.36. The van der Waals surface area contributed by atoms with Gasteiger partial charge in [0, 0.05) is 18.6 Å². The molecule has 0 aliphatic heterocycles. The molecule has 6 nitrogen and oxygen atoms in total. The SMILES string of the molecule is Nc1onc(-c2ccn[nH]2)c1-c1ccncc1. The Bertz CT molecular complexity index is 615. The highest BCUT2D eigenvalue weighted by molar-refractivity contribution is 5.85. The quantitative estimate of drug-likeness (QED) is 0.695. The minimum atomic E-state index is 0.279. The smallest absolute Gasteiger partial charge is 0.230 e. The largest absolute Gasteiger partial charge is 0.367 e. The number of nitrogens with two attached hydrogens (primary N) is 1. The molecule has 0 aromatic carbocycles. The molecule has 3 heterocycles. The van der Waals surface area contributed by atoms with Crippen LogP contribution in [0.2, 0.25) is 0 Å². The maximum absolute atomic E-state index is 5.80. The second-order valence-electron chi connectivity index (χ2n) is 3.48. The van der Waals surface area contributed by atoms with E-state index in [-0.39, 0.29) is 5.88 Å². The summed E-state index contributed by atoms with van der Waals surface area (Å²) in [6, 6.07) is 5.51. The molecule has 3 rings (SSSR count). The monoisotopic (exact) mass is 227 g/mol. The Kier molecular flexibility index (Phi) is 2.11. The molecule has 0 aliphatic rings. The van der Waals surface area contributed by atoms with Crippen LogP contribution in [-0.2, 0) is 0 Å². The highest BCUT2D eigenvalue weighted by atomic mass is 16.5. The lowest BCUT2D eigenvalue weighted by Crippen LogP contribution is -1.88. The number of nitrogen functional groups attached to an aromatic ring is 1. The first kappa shape index (κ1) is 9.59. The van der Waals surface area contributed by atoms with Gasteiger partial charge in [-0.1, -0.05) is 5.16 Å². The number of hydrogen-bond donors (Lipinski definition) is 2. The summed E-state index contributed by atoms with van der Waals surface area (Å²) in [5.74, 6) is 0.279. The van der Waals surface area contributed by atoms with Crippen molar-refractivity contribution in [2.45, 2.75) is 0 Å². The van der Waals surface area contributed by atoms with Gasteiger partial charge in [0.15, 0.2) is 0 Å². The van der Waals surface area contributed by atoms with E-state index in [9.17, 15) is 0 Å². The predicted molar refractivity (Wildman–Crippen MR) is 61.7 cm³/mol. The molecular weight excluding hydrogens is 218 g/mol. The van der Waals surface area contributed by atoms with Crippen LogP contribution >= 0.6 is 0 Å². The number of hydrogen-bond acceptors (Lipinski definition) is 5. The molecule has 0 atom stereocenters. The van der Waals surface area contributed by atoms with Crippen molar-refractivity contribution in [3.63, 3.8) is 0 Å². The van der Waals surface area contributed by atoms with Crippen LogP contribution in [0.3, 0.4) is 0 Å². The summed E-state index contributed by atoms with van der Waals surface area (Å²) in [7, 11) is 0. The van der Waals surface area contributed by atoms with Crippen LogP contribution in [-0.4, -0.2) is 20.3 Å². The Balaban J connectivity index is 2.20. The average Bonchev–Trinajstić information content (AvgIpc) is 2.98. The number of aromatic nitrogens is 4. The molecule has 84 valence electrons. The zero-order valence-electron chi connectivity index (χ0n) is 8.79. The lowest BCUT2D eigenvalue weighted by molar-refractivity contribution is 0.439. The number of nitrogens with one attached hydrogen (secondary N) is 1. The zero-order valence-corrected chi connectivity index (χ0v) is 8.79. The van der Waals surface area contributed by atoms with Gasteiger partial charge >= 0.3 is 0 Å². The number of H-pyrrole nitrogens is 1. The van der Waals surface area contributed by atoms with E-state index in [1.807, 2.05) is 18.2 Å². The molecule has 0 saturated heterocycles. The van der Waals surface area contributed by atoms with E-state index < -0.39 is 0 Å². The van der Waals surface area contributed by atoms with Crippen molar-refractivity contribution in [2.75, 3.05) is 5.73 Å². The maximum Gasteiger partial charge on any atom is 0.230 e. The Labute approximate surface area is 96.5 Å². The van der Waals surface area contributed by atoms with Crippen molar-refractivity contribution in [3.8, 4) is 22.5 Å². The molecule has 0 fully saturated rings. The molecule has 0 amide bonds. The Morgan fingerprint density at radius 1 is 1.12 bits per heavy atom. The van der Waals surface area contributed by atoms with E-state index in [4.69, 9.17) is 10.3 Å². The Morgan fingerprint density at radius 3 is 2.65 bits per heavy atom. The number of aromatic amines is 1. The van der Waals surface area contributed by atoms with Crippen LogP contribution in [0.15, 0.2) is 41.3 Å². The summed E-state index contributed by atoms with van der Waals surface area (Å²) in [5, 5.41) is 10.7. The maximum atomic E-state index is 5.80. The minimum Gasteiger partial charge on any atom is -0.367 e. The highest BCUT2D eigenvalue weighted by Gasteiger charge is 2.17. The number of pyridine rings is 1. The van der Waals surface area contributed by atoms with Gasteiger partial charge in [0.2, 0.25) is 5.88 Å². The molecule has 17 heavy (non-hydrogen) atoms. The second kappa shape index (κ2) is 3.75. The van der Waals surface area contributed by atoms with Gasteiger partial charge in [0.05, 0.1) is 11.3 Å². The molecule has 6 heteroatoms. The lowest BCUT2D eigenvalue weighted by Gasteiger charge is -1.99. The van der Waals surface area contributed by atoms with E-state index >= 15 is 0 Å². The van der Waals surface area contributed by atoms with Gasteiger partial charge < -0.3 is 10.3 Å². The Hall–Kier alpha value is -2.63. The van der Waals surface area contributed by atoms with E-state index in [1.54, 1.807) is 18.6 Å². The molecule has 0 bridgehead atoms. The van der Waals surface area contributed by atoms with Crippen LogP contribution in [0, 0.1) is 0 Å². The molecule has 3 N–H and O–H groups in total. The third-order valence-electron chi connectivity index (χ3n) is 2.44. The van der Waals surface area contributed by atoms with Crippen molar-refractivity contribution in [1.29, 1.82) is 0 Å². The topological polar surface area (TPSA) is 93.6 Å². The summed E-state index contributed by atoms with van der Waals surface area (Å²) in [5.41, 5.74) is 8.85. The summed E-state index contributed by atoms with van der Waals surface area (Å²) < 4.78 is 5.03. The summed E-state index contributed by atoms with van der Waals surface area (Å²) >= 11 is 0. The highest BCUT2D eigenvalue weighted by Crippen LogP contribution is 2.34. The second-order valence-corrected chi connectivity index (χ2v) is 3.48. The van der Waals surface area contributed by atoms with Gasteiger partial charge in [0.1, 0.15) is 5.69 Å². The van der Waals surface area contributed by atoms with Gasteiger partial charge in [-0.2, -0.15) is 5.10 Å². The fourth-order valence-electron chi connectivity index (χ4n) is 1.67. The zero-order chi connectivity index (χ0) is 11.7. The molecular formula is C11H9N5O. The average molecular weight is 227 g/mol. The Morgan fingerprint density at radius 2 is 1.94 bits per heavy atom. The molecule has 3 aromatic heterocycles. The predicted octanol–water partition coefficient (Wildman–Crippen LogP) is 1.71. The van der Waals surface area contributed by atoms with Crippen molar-refractivity contribution in [3.05, 3.63) is 36.8 Å². The molecule has 0 unspecified atom stereocenters. The fraction of sp³-hybridized carbons (Fsp3) is 0. The first-order valence-electron chi connectivity index (χ1n) is 5.01. The minimum absolute atomic E-state index is 0.279. The third-order valence-corrected chi connectivity index (χ3v) is 2.44. The number of rotatable bonds is 2. The standard InChI is InChI=1S/C11H9N5O/c12-11-9(7-1-4-13-5-2-7)10(16-17-11)8-3-6-14-15-8/h1-6H,12H2,(H,14,15). The van der Waals surface area contributed by atoms with Gasteiger partial charge in [-0.25, -0.2) is 0 Å². The van der Waals surface area contributed by atoms with Crippen LogP contribution in [0.5, 0.6) is 0 Å². The third kappa shape index (κ3) is 1.55. The van der Waals surface area contributed by atoms with Crippen LogP contribution in [0.25, 0.3) is 22.5 Å². The molecule has 0 radical (unpaired) electrons. The first-order valence-corrected chi connectivity index (χ1v) is 5.01. The van der Waals surface area contributed by atoms with Crippen LogP contribution in [0.4, 0.5) is 5.88 Å². The van der Waals surface area contributed by atoms with E-state index in [1.165, 1.54) is 0 Å². The number of anilines is 1. The van der Waals surface area contributed by atoms with Crippen molar-refractivity contribution in [2.24, 2.45) is 0 Å². The van der Waals surface area contributed by atoms with E-state index in [0.717, 1.165) is 16.8 Å². The van der Waals surface area contributed by atoms with E-state index in [0.29, 0.717) is 5.69 Å². The van der Waals surface area contributed by atoms with Gasteiger partial charge in [-0.05, 0) is 23.8 Å². The molecule has 0 spiro atoms. The lowest BCUT2D eigenvalue weighted by atomic mass is 10.1.